The Balaban J connectivity index is 1.38. The molecule has 0 bridgehead atoms. The molecule has 1 N–H and O–H groups in total. The number of rotatable bonds is 4. The number of amides is 3. The van der Waals surface area contributed by atoms with Gasteiger partial charge in [0.15, 0.2) is 5.76 Å². The maximum atomic E-state index is 13.2. The Morgan fingerprint density at radius 1 is 1.17 bits per heavy atom. The molecule has 1 saturated heterocycles. The lowest BCUT2D eigenvalue weighted by molar-refractivity contribution is -0.132. The molecule has 1 aliphatic carbocycles. The summed E-state index contributed by atoms with van der Waals surface area (Å²) in [6, 6.07) is 16.5. The van der Waals surface area contributed by atoms with E-state index in [1.165, 1.54) is 4.90 Å². The minimum atomic E-state index is -0.966. The summed E-state index contributed by atoms with van der Waals surface area (Å²) < 4.78 is 10.6. The number of imide groups is 1. The summed E-state index contributed by atoms with van der Waals surface area (Å²) in [5.41, 5.74) is 2.52. The molecular weight excluding hydrogens is 370 g/mol. The Labute approximate surface area is 167 Å². The Bertz CT molecular complexity index is 1110. The van der Waals surface area contributed by atoms with Crippen LogP contribution in [0, 0.1) is 0 Å². The lowest BCUT2D eigenvalue weighted by Gasteiger charge is -2.22. The first-order chi connectivity index (χ1) is 14.1. The minimum absolute atomic E-state index is 0.0394. The zero-order chi connectivity index (χ0) is 20.0. The molecule has 7 heteroatoms. The number of carbonyl (C=O) groups is 2. The van der Waals surface area contributed by atoms with Crippen molar-refractivity contribution in [2.24, 2.45) is 0 Å². The van der Waals surface area contributed by atoms with E-state index in [-0.39, 0.29) is 12.5 Å². The lowest BCUT2D eigenvalue weighted by atomic mass is 9.92. The highest BCUT2D eigenvalue weighted by molar-refractivity contribution is 6.08. The summed E-state index contributed by atoms with van der Waals surface area (Å²) in [6.07, 6.45) is 1.33. The molecule has 2 aliphatic rings. The van der Waals surface area contributed by atoms with Gasteiger partial charge < -0.3 is 14.6 Å². The average molecular weight is 389 g/mol. The van der Waals surface area contributed by atoms with Gasteiger partial charge in [-0.15, -0.1) is 0 Å². The second kappa shape index (κ2) is 6.48. The van der Waals surface area contributed by atoms with E-state index in [1.54, 1.807) is 13.2 Å². The van der Waals surface area contributed by atoms with E-state index in [0.717, 1.165) is 28.9 Å². The third-order valence-electron chi connectivity index (χ3n) is 5.68. The zero-order valence-electron chi connectivity index (χ0n) is 15.8. The van der Waals surface area contributed by atoms with Gasteiger partial charge in [0.05, 0.1) is 13.7 Å². The highest BCUT2D eigenvalue weighted by Gasteiger charge is 2.55. The fraction of sp³-hybridized carbons (Fsp3) is 0.227. The molecule has 0 radical (unpaired) electrons. The smallest absolute Gasteiger partial charge is 0.325 e. The summed E-state index contributed by atoms with van der Waals surface area (Å²) >= 11 is 0. The molecule has 146 valence electrons. The number of benzene rings is 2. The van der Waals surface area contributed by atoms with Gasteiger partial charge in [-0.2, -0.15) is 0 Å². The van der Waals surface area contributed by atoms with Gasteiger partial charge in [0.1, 0.15) is 17.0 Å². The second-order valence-electron chi connectivity index (χ2n) is 7.29. The van der Waals surface area contributed by atoms with Crippen molar-refractivity contribution in [1.82, 2.24) is 15.4 Å². The number of fused-ring (bicyclic) bond motifs is 2. The Kier molecular flexibility index (Phi) is 3.91. The van der Waals surface area contributed by atoms with Crippen LogP contribution in [-0.2, 0) is 23.3 Å². The summed E-state index contributed by atoms with van der Waals surface area (Å²) in [5.74, 6) is 0.955. The van der Waals surface area contributed by atoms with Gasteiger partial charge in [0, 0.05) is 11.6 Å². The van der Waals surface area contributed by atoms with Crippen LogP contribution in [0.15, 0.2) is 59.1 Å². The highest BCUT2D eigenvalue weighted by Crippen LogP contribution is 2.41. The molecule has 1 aromatic heterocycles. The zero-order valence-corrected chi connectivity index (χ0v) is 15.8. The summed E-state index contributed by atoms with van der Waals surface area (Å²) in [5, 5.41) is 6.99. The molecule has 3 aromatic rings. The van der Waals surface area contributed by atoms with E-state index in [9.17, 15) is 9.59 Å². The number of aromatic nitrogens is 1. The van der Waals surface area contributed by atoms with Crippen molar-refractivity contribution in [3.63, 3.8) is 0 Å². The summed E-state index contributed by atoms with van der Waals surface area (Å²) in [4.78, 5) is 27.1. The quantitative estimate of drug-likeness (QED) is 0.693. The van der Waals surface area contributed by atoms with E-state index in [2.05, 4.69) is 10.5 Å². The molecule has 1 fully saturated rings. The molecule has 3 amide bonds. The first-order valence-electron chi connectivity index (χ1n) is 9.43. The van der Waals surface area contributed by atoms with E-state index in [0.29, 0.717) is 17.9 Å². The van der Waals surface area contributed by atoms with Crippen molar-refractivity contribution in [1.29, 1.82) is 0 Å². The molecule has 29 heavy (non-hydrogen) atoms. The van der Waals surface area contributed by atoms with E-state index in [4.69, 9.17) is 9.26 Å². The number of methoxy groups -OCH3 is 1. The number of nitrogens with one attached hydrogen (secondary N) is 1. The molecule has 1 spiro atoms. The van der Waals surface area contributed by atoms with Crippen LogP contribution >= 0.6 is 0 Å². The number of urea groups is 1. The molecular formula is C22H19N3O4. The van der Waals surface area contributed by atoms with Gasteiger partial charge in [-0.3, -0.25) is 9.69 Å². The monoisotopic (exact) mass is 389 g/mol. The van der Waals surface area contributed by atoms with Gasteiger partial charge in [-0.1, -0.05) is 29.4 Å². The van der Waals surface area contributed by atoms with Crippen molar-refractivity contribution in [2.75, 3.05) is 7.11 Å². The van der Waals surface area contributed by atoms with Crippen LogP contribution in [0.2, 0.25) is 0 Å². The van der Waals surface area contributed by atoms with Crippen molar-refractivity contribution in [3.8, 4) is 17.0 Å². The maximum absolute atomic E-state index is 13.2. The van der Waals surface area contributed by atoms with Crippen molar-refractivity contribution in [2.45, 2.75) is 24.9 Å². The van der Waals surface area contributed by atoms with Crippen LogP contribution in [0.1, 0.15) is 23.3 Å². The highest BCUT2D eigenvalue weighted by atomic mass is 16.5. The third-order valence-corrected chi connectivity index (χ3v) is 5.68. The SMILES string of the molecule is COc1ccc(-c2cc(CN3C(=O)N[C@@]4(CCc5ccccc54)C3=O)on2)cc1. The number of aryl methyl sites for hydroxylation is 1. The van der Waals surface area contributed by atoms with E-state index in [1.807, 2.05) is 48.5 Å². The molecule has 5 rings (SSSR count). The number of hydrogen-bond acceptors (Lipinski definition) is 5. The predicted molar refractivity (Wildman–Crippen MR) is 104 cm³/mol. The average Bonchev–Trinajstić information content (AvgIpc) is 3.43. The van der Waals surface area contributed by atoms with Gasteiger partial charge in [0.25, 0.3) is 5.91 Å². The van der Waals surface area contributed by atoms with Gasteiger partial charge in [0.2, 0.25) is 0 Å². The van der Waals surface area contributed by atoms with Gasteiger partial charge in [-0.05, 0) is 48.2 Å². The number of nitrogens with zero attached hydrogens (tertiary/aromatic N) is 2. The first kappa shape index (κ1) is 17.5. The molecule has 0 saturated carbocycles. The Morgan fingerprint density at radius 2 is 1.97 bits per heavy atom. The van der Waals surface area contributed by atoms with E-state index < -0.39 is 11.6 Å². The number of carbonyl (C=O) groups excluding carboxylic acids is 2. The molecule has 2 heterocycles. The van der Waals surface area contributed by atoms with Crippen LogP contribution in [0.3, 0.4) is 0 Å². The van der Waals surface area contributed by atoms with Crippen molar-refractivity contribution < 1.29 is 18.8 Å². The lowest BCUT2D eigenvalue weighted by Crippen LogP contribution is -2.41. The van der Waals surface area contributed by atoms with Gasteiger partial charge in [-0.25, -0.2) is 4.79 Å². The first-order valence-corrected chi connectivity index (χ1v) is 9.43. The van der Waals surface area contributed by atoms with Crippen LogP contribution in [0.5, 0.6) is 5.75 Å². The standard InChI is InChI=1S/C22H19N3O4/c1-28-16-8-6-15(7-9-16)19-12-17(29-24-19)13-25-20(26)22(23-21(25)27)11-10-14-4-2-3-5-18(14)22/h2-9,12H,10-11,13H2,1H3,(H,23,27)/t22-/m1/s1. The largest absolute Gasteiger partial charge is 0.497 e. The van der Waals surface area contributed by atoms with Crippen LogP contribution < -0.4 is 10.1 Å². The fourth-order valence-electron chi connectivity index (χ4n) is 4.17. The molecule has 0 unspecified atom stereocenters. The third kappa shape index (κ3) is 2.69. The maximum Gasteiger partial charge on any atom is 0.325 e. The van der Waals surface area contributed by atoms with Crippen molar-refractivity contribution >= 4 is 11.9 Å². The normalized spacial score (nSPS) is 20.2. The fourth-order valence-corrected chi connectivity index (χ4v) is 4.17. The van der Waals surface area contributed by atoms with Crippen LogP contribution in [0.4, 0.5) is 4.79 Å². The molecule has 7 nitrogen and oxygen atoms in total. The topological polar surface area (TPSA) is 84.7 Å². The number of ether oxygens (including phenoxy) is 1. The molecule has 1 aliphatic heterocycles. The second-order valence-corrected chi connectivity index (χ2v) is 7.29. The Hall–Kier alpha value is -3.61. The van der Waals surface area contributed by atoms with Gasteiger partial charge >= 0.3 is 6.03 Å². The summed E-state index contributed by atoms with van der Waals surface area (Å²) in [6.45, 7) is 0.0394. The van der Waals surface area contributed by atoms with Crippen LogP contribution in [-0.4, -0.2) is 29.1 Å². The predicted octanol–water partition coefficient (Wildman–Crippen LogP) is 3.24. The number of hydrogen-bond donors (Lipinski definition) is 1. The van der Waals surface area contributed by atoms with Crippen molar-refractivity contribution in [3.05, 3.63) is 71.5 Å². The van der Waals surface area contributed by atoms with E-state index >= 15 is 0 Å². The molecule has 1 atom stereocenters. The minimum Gasteiger partial charge on any atom is -0.497 e. The summed E-state index contributed by atoms with van der Waals surface area (Å²) in [7, 11) is 1.61. The Morgan fingerprint density at radius 3 is 2.76 bits per heavy atom. The van der Waals surface area contributed by atoms with Crippen LogP contribution in [0.25, 0.3) is 11.3 Å². The molecule has 2 aromatic carbocycles.